The van der Waals surface area contributed by atoms with Crippen molar-refractivity contribution in [1.29, 1.82) is 0 Å². The van der Waals surface area contributed by atoms with Gasteiger partial charge in [-0.2, -0.15) is 5.10 Å². The van der Waals surface area contributed by atoms with Crippen molar-refractivity contribution in [1.82, 2.24) is 14.7 Å². The molecule has 2 aromatic rings. The lowest BCUT2D eigenvalue weighted by Crippen LogP contribution is -2.37. The van der Waals surface area contributed by atoms with Crippen molar-refractivity contribution >= 4 is 29.1 Å². The van der Waals surface area contributed by atoms with Crippen LogP contribution in [-0.2, 0) is 24.3 Å². The smallest absolute Gasteiger partial charge is 0.227 e. The van der Waals surface area contributed by atoms with Crippen LogP contribution < -0.4 is 0 Å². The molecule has 0 unspecified atom stereocenters. The average Bonchev–Trinajstić information content (AvgIpc) is 2.82. The van der Waals surface area contributed by atoms with Gasteiger partial charge in [0.05, 0.1) is 22.2 Å². The Labute approximate surface area is 172 Å². The second kappa shape index (κ2) is 9.11. The van der Waals surface area contributed by atoms with Crippen molar-refractivity contribution in [2.75, 3.05) is 0 Å². The highest BCUT2D eigenvalue weighted by atomic mass is 35.5. The first-order chi connectivity index (χ1) is 12.6. The minimum absolute atomic E-state index is 0.0817. The maximum absolute atomic E-state index is 13.1. The van der Waals surface area contributed by atoms with Crippen LogP contribution in [0.15, 0.2) is 18.2 Å². The van der Waals surface area contributed by atoms with E-state index in [0.29, 0.717) is 28.9 Å². The van der Waals surface area contributed by atoms with E-state index in [4.69, 9.17) is 23.2 Å². The molecule has 0 bridgehead atoms. The molecule has 27 heavy (non-hydrogen) atoms. The normalized spacial score (nSPS) is 11.5. The SMILES string of the molecule is Cc1nn(CC(C)C)c(C)c1CC(=O)N(Cc1ccc(Cl)c(Cl)c1)C(C)C. The Morgan fingerprint density at radius 1 is 1.15 bits per heavy atom. The molecule has 0 radical (unpaired) electrons. The van der Waals surface area contributed by atoms with Gasteiger partial charge in [0.15, 0.2) is 0 Å². The summed E-state index contributed by atoms with van der Waals surface area (Å²) in [5.41, 5.74) is 4.00. The van der Waals surface area contributed by atoms with Gasteiger partial charge in [-0.3, -0.25) is 9.48 Å². The highest BCUT2D eigenvalue weighted by molar-refractivity contribution is 6.42. The van der Waals surface area contributed by atoms with Crippen LogP contribution in [0.5, 0.6) is 0 Å². The van der Waals surface area contributed by atoms with Gasteiger partial charge in [0.2, 0.25) is 5.91 Å². The third kappa shape index (κ3) is 5.49. The zero-order valence-electron chi connectivity index (χ0n) is 17.0. The van der Waals surface area contributed by atoms with Crippen molar-refractivity contribution in [3.8, 4) is 0 Å². The highest BCUT2D eigenvalue weighted by Crippen LogP contribution is 2.24. The lowest BCUT2D eigenvalue weighted by atomic mass is 10.1. The first-order valence-corrected chi connectivity index (χ1v) is 10.1. The molecule has 0 aliphatic carbocycles. The van der Waals surface area contributed by atoms with E-state index >= 15 is 0 Å². The van der Waals surface area contributed by atoms with Crippen LogP contribution >= 0.6 is 23.2 Å². The fourth-order valence-corrected chi connectivity index (χ4v) is 3.48. The van der Waals surface area contributed by atoms with Crippen LogP contribution in [0.2, 0.25) is 10.0 Å². The van der Waals surface area contributed by atoms with Crippen LogP contribution in [-0.4, -0.2) is 26.6 Å². The van der Waals surface area contributed by atoms with E-state index in [9.17, 15) is 4.79 Å². The van der Waals surface area contributed by atoms with E-state index in [1.54, 1.807) is 6.07 Å². The number of hydrogen-bond acceptors (Lipinski definition) is 2. The van der Waals surface area contributed by atoms with Gasteiger partial charge in [0.25, 0.3) is 0 Å². The summed E-state index contributed by atoms with van der Waals surface area (Å²) in [5, 5.41) is 5.65. The molecule has 4 nitrogen and oxygen atoms in total. The average molecular weight is 410 g/mol. The largest absolute Gasteiger partial charge is 0.336 e. The van der Waals surface area contributed by atoms with Crippen molar-refractivity contribution in [3.05, 3.63) is 50.8 Å². The zero-order chi connectivity index (χ0) is 20.3. The number of aryl methyl sites for hydroxylation is 1. The lowest BCUT2D eigenvalue weighted by Gasteiger charge is -2.27. The number of benzene rings is 1. The number of carbonyl (C=O) groups is 1. The Bertz CT molecular complexity index is 812. The van der Waals surface area contributed by atoms with E-state index in [1.807, 2.05) is 49.4 Å². The number of rotatable bonds is 7. The number of carbonyl (C=O) groups excluding carboxylic acids is 1. The molecule has 0 fully saturated rings. The summed E-state index contributed by atoms with van der Waals surface area (Å²) >= 11 is 12.1. The fraction of sp³-hybridized carbons (Fsp3) is 0.524. The summed E-state index contributed by atoms with van der Waals surface area (Å²) < 4.78 is 2.02. The number of amides is 1. The molecule has 0 spiro atoms. The summed E-state index contributed by atoms with van der Waals surface area (Å²) in [6.45, 7) is 13.8. The predicted molar refractivity (Wildman–Crippen MR) is 112 cm³/mol. The summed E-state index contributed by atoms with van der Waals surface area (Å²) in [7, 11) is 0. The first kappa shape index (κ1) is 21.8. The van der Waals surface area contributed by atoms with Crippen molar-refractivity contribution in [3.63, 3.8) is 0 Å². The molecule has 0 saturated carbocycles. The minimum Gasteiger partial charge on any atom is -0.336 e. The minimum atomic E-state index is 0.0817. The third-order valence-electron chi connectivity index (χ3n) is 4.68. The quantitative estimate of drug-likeness (QED) is 0.610. The monoisotopic (exact) mass is 409 g/mol. The van der Waals surface area contributed by atoms with Gasteiger partial charge in [-0.1, -0.05) is 43.1 Å². The predicted octanol–water partition coefficient (Wildman–Crippen LogP) is 5.44. The molecule has 1 aromatic carbocycles. The number of halogens is 2. The van der Waals surface area contributed by atoms with Gasteiger partial charge in [-0.05, 0) is 51.3 Å². The van der Waals surface area contributed by atoms with Crippen molar-refractivity contribution < 1.29 is 4.79 Å². The molecule has 6 heteroatoms. The molecule has 148 valence electrons. The summed E-state index contributed by atoms with van der Waals surface area (Å²) in [5.74, 6) is 0.597. The van der Waals surface area contributed by atoms with E-state index in [-0.39, 0.29) is 11.9 Å². The molecule has 1 amide bonds. The topological polar surface area (TPSA) is 38.1 Å². The Balaban J connectivity index is 2.20. The van der Waals surface area contributed by atoms with Crippen molar-refractivity contribution in [2.24, 2.45) is 5.92 Å². The molecule has 0 aliphatic heterocycles. The van der Waals surface area contributed by atoms with Crippen LogP contribution in [0, 0.1) is 19.8 Å². The molecule has 0 N–H and O–H groups in total. The van der Waals surface area contributed by atoms with Gasteiger partial charge in [0.1, 0.15) is 0 Å². The van der Waals surface area contributed by atoms with Crippen LogP contribution in [0.4, 0.5) is 0 Å². The van der Waals surface area contributed by atoms with Crippen molar-refractivity contribution in [2.45, 2.75) is 67.1 Å². The molecule has 0 saturated heterocycles. The summed E-state index contributed by atoms with van der Waals surface area (Å²) in [6.07, 6.45) is 0.356. The van der Waals surface area contributed by atoms with Gasteiger partial charge in [-0.15, -0.1) is 0 Å². The standard InChI is InChI=1S/C21H29Cl2N3O/c1-13(2)11-26-16(6)18(15(5)24-26)10-21(27)25(14(3)4)12-17-7-8-19(22)20(23)9-17/h7-9,13-14H,10-12H2,1-6H3. The van der Waals surface area contributed by atoms with Gasteiger partial charge >= 0.3 is 0 Å². The summed E-state index contributed by atoms with van der Waals surface area (Å²) in [6, 6.07) is 5.59. The molecule has 1 heterocycles. The number of aromatic nitrogens is 2. The van der Waals surface area contributed by atoms with Gasteiger partial charge in [0, 0.05) is 30.4 Å². The number of hydrogen-bond donors (Lipinski definition) is 0. The van der Waals surface area contributed by atoms with E-state index < -0.39 is 0 Å². The fourth-order valence-electron chi connectivity index (χ4n) is 3.16. The van der Waals surface area contributed by atoms with Crippen LogP contribution in [0.25, 0.3) is 0 Å². The Kier molecular flexibility index (Phi) is 7.35. The van der Waals surface area contributed by atoms with E-state index in [1.165, 1.54) is 0 Å². The van der Waals surface area contributed by atoms with Crippen LogP contribution in [0.1, 0.15) is 50.2 Å². The summed E-state index contributed by atoms with van der Waals surface area (Å²) in [4.78, 5) is 14.9. The zero-order valence-corrected chi connectivity index (χ0v) is 18.5. The maximum atomic E-state index is 13.1. The molecule has 0 aliphatic rings. The van der Waals surface area contributed by atoms with Crippen LogP contribution in [0.3, 0.4) is 0 Å². The molecule has 2 rings (SSSR count). The second-order valence-electron chi connectivity index (χ2n) is 7.77. The Morgan fingerprint density at radius 3 is 2.37 bits per heavy atom. The van der Waals surface area contributed by atoms with E-state index in [0.717, 1.165) is 29.1 Å². The molecular weight excluding hydrogens is 381 g/mol. The van der Waals surface area contributed by atoms with Gasteiger partial charge in [-0.25, -0.2) is 0 Å². The molecular formula is C21H29Cl2N3O. The Hall–Kier alpha value is -1.52. The molecule has 1 aromatic heterocycles. The number of nitrogens with zero attached hydrogens (tertiary/aromatic N) is 3. The lowest BCUT2D eigenvalue weighted by molar-refractivity contribution is -0.132. The van der Waals surface area contributed by atoms with Gasteiger partial charge < -0.3 is 4.90 Å². The third-order valence-corrected chi connectivity index (χ3v) is 5.42. The molecule has 0 atom stereocenters. The van der Waals surface area contributed by atoms with E-state index in [2.05, 4.69) is 18.9 Å². The first-order valence-electron chi connectivity index (χ1n) is 9.36. The second-order valence-corrected chi connectivity index (χ2v) is 8.58. The Morgan fingerprint density at radius 2 is 1.81 bits per heavy atom. The maximum Gasteiger partial charge on any atom is 0.227 e. The highest BCUT2D eigenvalue weighted by Gasteiger charge is 2.22.